The SMILES string of the molecule is c1ccc(-c2nc(-c3ccccc3)nc(-n3c4ccccc4c4c5c(ccc43)-c3cccc4cccc-5c34)n2)cc1. The Kier molecular flexibility index (Phi) is 4.58. The molecular weight excluding hydrogens is 500 g/mol. The summed E-state index contributed by atoms with van der Waals surface area (Å²) in [5.74, 6) is 1.91. The largest absolute Gasteiger partial charge is 0.278 e. The lowest BCUT2D eigenvalue weighted by Crippen LogP contribution is -2.06. The molecule has 0 aliphatic heterocycles. The van der Waals surface area contributed by atoms with Gasteiger partial charge in [-0.25, -0.2) is 4.98 Å². The molecular formula is C37H22N4. The number of fused-ring (bicyclic) bond motifs is 7. The molecule has 9 rings (SSSR count). The van der Waals surface area contributed by atoms with Crippen molar-refractivity contribution in [2.45, 2.75) is 0 Å². The van der Waals surface area contributed by atoms with E-state index in [2.05, 4.69) is 77.4 Å². The second-order valence-electron chi connectivity index (χ2n) is 10.5. The topological polar surface area (TPSA) is 43.6 Å². The number of nitrogens with zero attached hydrogens (tertiary/aromatic N) is 4. The molecule has 0 bridgehead atoms. The summed E-state index contributed by atoms with van der Waals surface area (Å²) >= 11 is 0. The van der Waals surface area contributed by atoms with Gasteiger partial charge in [0.25, 0.3) is 0 Å². The highest BCUT2D eigenvalue weighted by molar-refractivity contribution is 6.26. The molecule has 0 saturated heterocycles. The predicted molar refractivity (Wildman–Crippen MR) is 167 cm³/mol. The van der Waals surface area contributed by atoms with Crippen molar-refractivity contribution in [3.63, 3.8) is 0 Å². The van der Waals surface area contributed by atoms with Crippen LogP contribution in [0.15, 0.2) is 133 Å². The third kappa shape index (κ3) is 3.19. The first kappa shape index (κ1) is 22.2. The van der Waals surface area contributed by atoms with Crippen molar-refractivity contribution in [1.82, 2.24) is 19.5 Å². The molecule has 41 heavy (non-hydrogen) atoms. The van der Waals surface area contributed by atoms with Crippen molar-refractivity contribution >= 4 is 32.6 Å². The summed E-state index contributed by atoms with van der Waals surface area (Å²) in [5, 5.41) is 5.01. The molecule has 0 unspecified atom stereocenters. The minimum absolute atomic E-state index is 0.609. The van der Waals surface area contributed by atoms with Gasteiger partial charge in [-0.05, 0) is 39.6 Å². The molecule has 0 radical (unpaired) electrons. The van der Waals surface area contributed by atoms with Gasteiger partial charge in [0, 0.05) is 27.5 Å². The third-order valence-corrected chi connectivity index (χ3v) is 8.19. The predicted octanol–water partition coefficient (Wildman–Crippen LogP) is 9.10. The summed E-state index contributed by atoms with van der Waals surface area (Å²) in [5.41, 5.74) is 9.20. The van der Waals surface area contributed by atoms with Gasteiger partial charge < -0.3 is 0 Å². The van der Waals surface area contributed by atoms with E-state index < -0.39 is 0 Å². The van der Waals surface area contributed by atoms with E-state index in [1.807, 2.05) is 60.7 Å². The minimum atomic E-state index is 0.609. The molecule has 0 amide bonds. The Morgan fingerprint density at radius 3 is 1.76 bits per heavy atom. The van der Waals surface area contributed by atoms with E-state index in [-0.39, 0.29) is 0 Å². The number of hydrogen-bond acceptors (Lipinski definition) is 3. The molecule has 0 saturated carbocycles. The molecule has 0 spiro atoms. The first-order chi connectivity index (χ1) is 20.3. The van der Waals surface area contributed by atoms with Crippen LogP contribution in [0.1, 0.15) is 0 Å². The van der Waals surface area contributed by atoms with Gasteiger partial charge >= 0.3 is 0 Å². The maximum atomic E-state index is 5.08. The van der Waals surface area contributed by atoms with Crippen LogP contribution in [0.2, 0.25) is 0 Å². The first-order valence-corrected chi connectivity index (χ1v) is 13.8. The molecule has 1 aliphatic carbocycles. The van der Waals surface area contributed by atoms with Crippen LogP contribution in [0.4, 0.5) is 0 Å². The summed E-state index contributed by atoms with van der Waals surface area (Å²) in [6.07, 6.45) is 0. The fourth-order valence-corrected chi connectivity index (χ4v) is 6.45. The lowest BCUT2D eigenvalue weighted by atomic mass is 9.98. The molecule has 2 aromatic heterocycles. The van der Waals surface area contributed by atoms with Crippen LogP contribution in [-0.2, 0) is 0 Å². The van der Waals surface area contributed by atoms with E-state index in [1.165, 1.54) is 43.8 Å². The fourth-order valence-electron chi connectivity index (χ4n) is 6.45. The second kappa shape index (κ2) is 8.44. The van der Waals surface area contributed by atoms with Gasteiger partial charge in [0.1, 0.15) is 0 Å². The molecule has 0 fully saturated rings. The van der Waals surface area contributed by atoms with Crippen LogP contribution in [0.3, 0.4) is 0 Å². The van der Waals surface area contributed by atoms with Crippen LogP contribution < -0.4 is 0 Å². The zero-order valence-electron chi connectivity index (χ0n) is 22.0. The zero-order chi connectivity index (χ0) is 26.9. The monoisotopic (exact) mass is 522 g/mol. The zero-order valence-corrected chi connectivity index (χ0v) is 22.0. The smallest absolute Gasteiger partial charge is 0.238 e. The number of benzene rings is 6. The van der Waals surface area contributed by atoms with E-state index in [4.69, 9.17) is 15.0 Å². The third-order valence-electron chi connectivity index (χ3n) is 8.19. The standard InChI is InChI=1S/C37H22N4/c1-3-11-24(12-4-1)35-38-36(25-13-5-2-6-14-25)40-37(39-35)41-30-20-8-7-17-28(30)34-31(41)22-21-27-26-18-9-15-23-16-10-19-29(32(23)26)33(27)34/h1-22H. The van der Waals surface area contributed by atoms with E-state index >= 15 is 0 Å². The Labute approximate surface area is 236 Å². The van der Waals surface area contributed by atoms with E-state index in [0.717, 1.165) is 22.2 Å². The van der Waals surface area contributed by atoms with E-state index in [0.29, 0.717) is 17.6 Å². The Balaban J connectivity index is 1.39. The summed E-state index contributed by atoms with van der Waals surface area (Å²) < 4.78 is 2.20. The van der Waals surface area contributed by atoms with Gasteiger partial charge in [0.2, 0.25) is 5.95 Å². The van der Waals surface area contributed by atoms with E-state index in [9.17, 15) is 0 Å². The highest BCUT2D eigenvalue weighted by Crippen LogP contribution is 2.52. The van der Waals surface area contributed by atoms with Gasteiger partial charge in [0.05, 0.1) is 11.0 Å². The molecule has 6 aromatic carbocycles. The van der Waals surface area contributed by atoms with E-state index in [1.54, 1.807) is 0 Å². The number of hydrogen-bond donors (Lipinski definition) is 0. The van der Waals surface area contributed by atoms with Crippen molar-refractivity contribution in [3.8, 4) is 51.0 Å². The van der Waals surface area contributed by atoms with Crippen molar-refractivity contribution in [2.75, 3.05) is 0 Å². The second-order valence-corrected chi connectivity index (χ2v) is 10.5. The van der Waals surface area contributed by atoms with Gasteiger partial charge in [-0.3, -0.25) is 4.57 Å². The van der Waals surface area contributed by atoms with Crippen LogP contribution in [-0.4, -0.2) is 19.5 Å². The fraction of sp³-hybridized carbons (Fsp3) is 0. The average Bonchev–Trinajstić information content (AvgIpc) is 3.56. The van der Waals surface area contributed by atoms with Crippen molar-refractivity contribution in [3.05, 3.63) is 133 Å². The Morgan fingerprint density at radius 1 is 0.415 bits per heavy atom. The summed E-state index contributed by atoms with van der Waals surface area (Å²) in [4.78, 5) is 15.1. The molecule has 8 aromatic rings. The van der Waals surface area contributed by atoms with Gasteiger partial charge in [-0.15, -0.1) is 0 Å². The molecule has 190 valence electrons. The van der Waals surface area contributed by atoms with Crippen LogP contribution in [0.5, 0.6) is 0 Å². The summed E-state index contributed by atoms with van der Waals surface area (Å²) in [6, 6.07) is 46.6. The van der Waals surface area contributed by atoms with Crippen LogP contribution in [0, 0.1) is 0 Å². The number of aromatic nitrogens is 4. The molecule has 0 atom stereocenters. The Bertz CT molecular complexity index is 2240. The molecule has 2 heterocycles. The summed E-state index contributed by atoms with van der Waals surface area (Å²) in [7, 11) is 0. The van der Waals surface area contributed by atoms with Gasteiger partial charge in [0.15, 0.2) is 11.6 Å². The molecule has 4 nitrogen and oxygen atoms in total. The summed E-state index contributed by atoms with van der Waals surface area (Å²) in [6.45, 7) is 0. The molecule has 4 heteroatoms. The van der Waals surface area contributed by atoms with Gasteiger partial charge in [-0.1, -0.05) is 121 Å². The maximum absolute atomic E-state index is 5.08. The first-order valence-electron chi connectivity index (χ1n) is 13.8. The van der Waals surface area contributed by atoms with Crippen LogP contribution >= 0.6 is 0 Å². The normalized spacial score (nSPS) is 11.9. The number of rotatable bonds is 3. The highest BCUT2D eigenvalue weighted by Gasteiger charge is 2.27. The molecule has 0 N–H and O–H groups in total. The quantitative estimate of drug-likeness (QED) is 0.232. The van der Waals surface area contributed by atoms with Crippen LogP contribution in [0.25, 0.3) is 83.6 Å². The Morgan fingerprint density at radius 2 is 1.05 bits per heavy atom. The highest BCUT2D eigenvalue weighted by atomic mass is 15.2. The molecule has 1 aliphatic rings. The van der Waals surface area contributed by atoms with Crippen molar-refractivity contribution in [1.29, 1.82) is 0 Å². The minimum Gasteiger partial charge on any atom is -0.278 e. The lowest BCUT2D eigenvalue weighted by molar-refractivity contribution is 0.953. The number of para-hydroxylation sites is 1. The lowest BCUT2D eigenvalue weighted by Gasteiger charge is -2.11. The Hall–Kier alpha value is -5.61. The average molecular weight is 523 g/mol. The van der Waals surface area contributed by atoms with Gasteiger partial charge in [-0.2, -0.15) is 9.97 Å². The van der Waals surface area contributed by atoms with Crippen molar-refractivity contribution < 1.29 is 0 Å². The van der Waals surface area contributed by atoms with Crippen molar-refractivity contribution in [2.24, 2.45) is 0 Å². The maximum Gasteiger partial charge on any atom is 0.238 e.